The zero-order valence-electron chi connectivity index (χ0n) is 11.3. The second kappa shape index (κ2) is 5.81. The largest absolute Gasteiger partial charge is 0.488 e. The molecule has 5 nitrogen and oxygen atoms in total. The van der Waals surface area contributed by atoms with Crippen molar-refractivity contribution in [1.29, 1.82) is 0 Å². The first-order chi connectivity index (χ1) is 9.74. The Morgan fingerprint density at radius 3 is 2.70 bits per heavy atom. The van der Waals surface area contributed by atoms with E-state index in [1.165, 1.54) is 0 Å². The summed E-state index contributed by atoms with van der Waals surface area (Å²) >= 11 is 0. The molecule has 2 heterocycles. The van der Waals surface area contributed by atoms with Gasteiger partial charge in [-0.1, -0.05) is 12.1 Å². The molecular formula is C15H19NO4. The first-order valence-electron chi connectivity index (χ1n) is 7.06. The van der Waals surface area contributed by atoms with Crippen LogP contribution in [0.15, 0.2) is 24.3 Å². The number of carbonyl (C=O) groups is 1. The minimum Gasteiger partial charge on any atom is -0.488 e. The summed E-state index contributed by atoms with van der Waals surface area (Å²) in [4.78, 5) is 13.5. The molecule has 2 saturated heterocycles. The molecule has 1 aromatic carbocycles. The number of aliphatic hydroxyl groups is 1. The van der Waals surface area contributed by atoms with Crippen molar-refractivity contribution in [3.63, 3.8) is 0 Å². The van der Waals surface area contributed by atoms with Crippen LogP contribution >= 0.6 is 0 Å². The Morgan fingerprint density at radius 1 is 1.25 bits per heavy atom. The summed E-state index contributed by atoms with van der Waals surface area (Å²) in [5, 5.41) is 9.62. The fraction of sp³-hybridized carbons (Fsp3) is 0.533. The van der Waals surface area contributed by atoms with Crippen molar-refractivity contribution in [2.75, 3.05) is 24.7 Å². The third-order valence-electron chi connectivity index (χ3n) is 3.72. The van der Waals surface area contributed by atoms with Gasteiger partial charge in [0.1, 0.15) is 11.9 Å². The van der Waals surface area contributed by atoms with Crippen molar-refractivity contribution in [3.05, 3.63) is 24.3 Å². The molecule has 20 heavy (non-hydrogen) atoms. The molecule has 1 amide bonds. The van der Waals surface area contributed by atoms with Crippen molar-refractivity contribution in [3.8, 4) is 5.75 Å². The maximum Gasteiger partial charge on any atom is 0.229 e. The molecule has 5 heteroatoms. The number of carbonyl (C=O) groups excluding carboxylic acids is 1. The normalized spacial score (nSPS) is 24.1. The summed E-state index contributed by atoms with van der Waals surface area (Å²) in [6, 6.07) is 7.52. The Labute approximate surface area is 118 Å². The highest BCUT2D eigenvalue weighted by atomic mass is 16.5. The minimum absolute atomic E-state index is 0.0551. The second-order valence-electron chi connectivity index (χ2n) is 5.26. The Bertz CT molecular complexity index is 485. The highest BCUT2D eigenvalue weighted by Gasteiger charge is 2.31. The second-order valence-corrected chi connectivity index (χ2v) is 5.26. The lowest BCUT2D eigenvalue weighted by Crippen LogP contribution is -2.29. The molecule has 0 bridgehead atoms. The molecule has 108 valence electrons. The predicted octanol–water partition coefficient (Wildman–Crippen LogP) is 1.34. The summed E-state index contributed by atoms with van der Waals surface area (Å²) in [5.74, 6) is 0.655. The maximum atomic E-state index is 11.9. The van der Waals surface area contributed by atoms with Gasteiger partial charge in [0.15, 0.2) is 0 Å². The quantitative estimate of drug-likeness (QED) is 0.906. The molecular weight excluding hydrogens is 258 g/mol. The third-order valence-corrected chi connectivity index (χ3v) is 3.72. The standard InChI is InChI=1S/C15H19NO4/c17-11-9-15(18)16(10-11)13-3-1-2-4-14(13)20-12-5-7-19-8-6-12/h1-4,11-12,17H,5-10H2. The Morgan fingerprint density at radius 2 is 2.00 bits per heavy atom. The van der Waals surface area contributed by atoms with E-state index < -0.39 is 6.10 Å². The van der Waals surface area contributed by atoms with Gasteiger partial charge in [0.25, 0.3) is 0 Å². The number of aliphatic hydroxyl groups excluding tert-OH is 1. The smallest absolute Gasteiger partial charge is 0.229 e. The monoisotopic (exact) mass is 277 g/mol. The molecule has 1 N–H and O–H groups in total. The topological polar surface area (TPSA) is 59.0 Å². The molecule has 2 aliphatic heterocycles. The lowest BCUT2D eigenvalue weighted by atomic mass is 10.1. The van der Waals surface area contributed by atoms with Gasteiger partial charge in [0.05, 0.1) is 38.0 Å². The van der Waals surface area contributed by atoms with E-state index in [9.17, 15) is 9.90 Å². The van der Waals surface area contributed by atoms with Crippen molar-refractivity contribution >= 4 is 11.6 Å². The summed E-state index contributed by atoms with van der Waals surface area (Å²) in [6.45, 7) is 1.77. The van der Waals surface area contributed by atoms with E-state index in [-0.39, 0.29) is 18.4 Å². The highest BCUT2D eigenvalue weighted by molar-refractivity contribution is 5.97. The number of ether oxygens (including phenoxy) is 2. The Hall–Kier alpha value is -1.59. The molecule has 3 rings (SSSR count). The summed E-state index contributed by atoms with van der Waals surface area (Å²) in [6.07, 6.45) is 1.47. The molecule has 1 atom stereocenters. The zero-order valence-corrected chi connectivity index (χ0v) is 11.3. The zero-order chi connectivity index (χ0) is 13.9. The molecule has 1 unspecified atom stereocenters. The van der Waals surface area contributed by atoms with E-state index in [1.54, 1.807) is 4.90 Å². The molecule has 0 aromatic heterocycles. The SMILES string of the molecule is O=C1CC(O)CN1c1ccccc1OC1CCOCC1. The lowest BCUT2D eigenvalue weighted by Gasteiger charge is -2.26. The van der Waals surface area contributed by atoms with E-state index in [1.807, 2.05) is 24.3 Å². The lowest BCUT2D eigenvalue weighted by molar-refractivity contribution is -0.117. The predicted molar refractivity (Wildman–Crippen MR) is 73.9 cm³/mol. The molecule has 0 spiro atoms. The van der Waals surface area contributed by atoms with Crippen molar-refractivity contribution in [2.24, 2.45) is 0 Å². The fourth-order valence-corrected chi connectivity index (χ4v) is 2.67. The van der Waals surface area contributed by atoms with Crippen LogP contribution in [0.3, 0.4) is 0 Å². The fourth-order valence-electron chi connectivity index (χ4n) is 2.67. The van der Waals surface area contributed by atoms with Gasteiger partial charge >= 0.3 is 0 Å². The number of rotatable bonds is 3. The van der Waals surface area contributed by atoms with Crippen molar-refractivity contribution < 1.29 is 19.4 Å². The van der Waals surface area contributed by atoms with Gasteiger partial charge in [-0.05, 0) is 12.1 Å². The van der Waals surface area contributed by atoms with Gasteiger partial charge in [0.2, 0.25) is 5.91 Å². The highest BCUT2D eigenvalue weighted by Crippen LogP contribution is 2.33. The average Bonchev–Trinajstić information content (AvgIpc) is 2.79. The van der Waals surface area contributed by atoms with Gasteiger partial charge in [-0.2, -0.15) is 0 Å². The van der Waals surface area contributed by atoms with E-state index in [4.69, 9.17) is 9.47 Å². The van der Waals surface area contributed by atoms with Crippen LogP contribution in [0.1, 0.15) is 19.3 Å². The third kappa shape index (κ3) is 2.78. The molecule has 0 radical (unpaired) electrons. The van der Waals surface area contributed by atoms with Crippen LogP contribution < -0.4 is 9.64 Å². The number of benzene rings is 1. The van der Waals surface area contributed by atoms with Gasteiger partial charge in [0, 0.05) is 12.8 Å². The first-order valence-corrected chi connectivity index (χ1v) is 7.06. The maximum absolute atomic E-state index is 11.9. The summed E-state index contributed by atoms with van der Waals surface area (Å²) in [5.41, 5.74) is 0.751. The van der Waals surface area contributed by atoms with Crippen LogP contribution in [0.25, 0.3) is 0 Å². The van der Waals surface area contributed by atoms with Gasteiger partial charge < -0.3 is 19.5 Å². The van der Waals surface area contributed by atoms with E-state index in [0.717, 1.165) is 18.5 Å². The van der Waals surface area contributed by atoms with Gasteiger partial charge in [-0.3, -0.25) is 4.79 Å². The van der Waals surface area contributed by atoms with Crippen LogP contribution in [0, 0.1) is 0 Å². The molecule has 1 aromatic rings. The van der Waals surface area contributed by atoms with Crippen LogP contribution in [0.2, 0.25) is 0 Å². The summed E-state index contributed by atoms with van der Waals surface area (Å²) in [7, 11) is 0. The van der Waals surface area contributed by atoms with E-state index in [0.29, 0.717) is 25.5 Å². The number of para-hydroxylation sites is 2. The number of β-amino-alcohol motifs (C(OH)–C–C–N with tert-alkyl or cyclic N) is 1. The van der Waals surface area contributed by atoms with Crippen molar-refractivity contribution in [2.45, 2.75) is 31.5 Å². The number of anilines is 1. The Kier molecular flexibility index (Phi) is 3.89. The number of nitrogens with zero attached hydrogens (tertiary/aromatic N) is 1. The summed E-state index contributed by atoms with van der Waals surface area (Å²) < 4.78 is 11.3. The number of amides is 1. The minimum atomic E-state index is -0.585. The van der Waals surface area contributed by atoms with Gasteiger partial charge in [-0.25, -0.2) is 0 Å². The number of hydrogen-bond donors (Lipinski definition) is 1. The average molecular weight is 277 g/mol. The molecule has 0 aliphatic carbocycles. The van der Waals surface area contributed by atoms with Crippen LogP contribution in [0.4, 0.5) is 5.69 Å². The van der Waals surface area contributed by atoms with Crippen LogP contribution in [-0.2, 0) is 9.53 Å². The van der Waals surface area contributed by atoms with Crippen molar-refractivity contribution in [1.82, 2.24) is 0 Å². The van der Waals surface area contributed by atoms with Crippen LogP contribution in [0.5, 0.6) is 5.75 Å². The first kappa shape index (κ1) is 13.4. The van der Waals surface area contributed by atoms with Gasteiger partial charge in [-0.15, -0.1) is 0 Å². The Balaban J connectivity index is 1.79. The van der Waals surface area contributed by atoms with E-state index >= 15 is 0 Å². The molecule has 0 saturated carbocycles. The number of hydrogen-bond acceptors (Lipinski definition) is 4. The molecule has 2 fully saturated rings. The van der Waals surface area contributed by atoms with Crippen LogP contribution in [-0.4, -0.2) is 43.0 Å². The molecule has 2 aliphatic rings. The van der Waals surface area contributed by atoms with E-state index in [2.05, 4.69) is 0 Å².